The Hall–Kier alpha value is -1.52. The quantitative estimate of drug-likeness (QED) is 0.506. The van der Waals surface area contributed by atoms with E-state index in [1.807, 2.05) is 17.0 Å². The molecule has 0 aromatic heterocycles. The number of fused-ring (bicyclic) bond motifs is 1. The third kappa shape index (κ3) is 6.83. The highest BCUT2D eigenvalue weighted by Crippen LogP contribution is 2.38. The molecule has 2 aliphatic rings. The van der Waals surface area contributed by atoms with Crippen LogP contribution in [-0.4, -0.2) is 55.1 Å². The van der Waals surface area contributed by atoms with Crippen LogP contribution in [0.5, 0.6) is 0 Å². The normalized spacial score (nSPS) is 18.1. The van der Waals surface area contributed by atoms with Crippen molar-refractivity contribution in [3.63, 3.8) is 0 Å². The van der Waals surface area contributed by atoms with Crippen molar-refractivity contribution >= 4 is 24.8 Å². The largest absolute Gasteiger partial charge is 0.416 e. The molecule has 0 bridgehead atoms. The Labute approximate surface area is 213 Å². The Balaban J connectivity index is 0.00000216. The van der Waals surface area contributed by atoms with Crippen LogP contribution < -0.4 is 5.32 Å². The minimum absolute atomic E-state index is 0. The fraction of sp³-hybridized carbons (Fsp3) is 0.500. The summed E-state index contributed by atoms with van der Waals surface area (Å²) in [6.45, 7) is 3.94. The standard InChI is InChI=1S/C24H27F6N3.2ClH/c1-32(15-17-10-20(23(25,26)27)12-21(11-17)24(28,29)30)16-22(33-8-6-31-7-9-33)13-18-4-2-3-5-19(18)14-22;;/h2-5,10-12,31H,6-9,13-16H2,1H3;2*1H. The summed E-state index contributed by atoms with van der Waals surface area (Å²) in [5.41, 5.74) is -0.275. The first kappa shape index (κ1) is 29.7. The van der Waals surface area contributed by atoms with Gasteiger partial charge in [0.2, 0.25) is 0 Å². The van der Waals surface area contributed by atoms with E-state index in [0.717, 1.165) is 51.2 Å². The average Bonchev–Trinajstić information content (AvgIpc) is 3.12. The molecule has 196 valence electrons. The monoisotopic (exact) mass is 543 g/mol. The number of rotatable bonds is 5. The predicted molar refractivity (Wildman–Crippen MR) is 128 cm³/mol. The number of nitrogens with zero attached hydrogens (tertiary/aromatic N) is 2. The van der Waals surface area contributed by atoms with E-state index in [-0.39, 0.29) is 48.5 Å². The van der Waals surface area contributed by atoms with Gasteiger partial charge in [-0.1, -0.05) is 24.3 Å². The minimum Gasteiger partial charge on any atom is -0.314 e. The lowest BCUT2D eigenvalue weighted by molar-refractivity contribution is -0.143. The summed E-state index contributed by atoms with van der Waals surface area (Å²) in [6, 6.07) is 10.0. The fourth-order valence-corrected chi connectivity index (χ4v) is 5.23. The van der Waals surface area contributed by atoms with Crippen molar-refractivity contribution < 1.29 is 26.3 Å². The first-order valence-electron chi connectivity index (χ1n) is 11.0. The van der Waals surface area contributed by atoms with Crippen molar-refractivity contribution in [3.05, 3.63) is 70.3 Å². The molecule has 2 aromatic carbocycles. The Morgan fingerprint density at radius 1 is 0.857 bits per heavy atom. The van der Waals surface area contributed by atoms with E-state index in [9.17, 15) is 26.3 Å². The van der Waals surface area contributed by atoms with Crippen LogP contribution in [0.3, 0.4) is 0 Å². The number of alkyl halides is 6. The Kier molecular flexibility index (Phi) is 9.55. The number of hydrogen-bond acceptors (Lipinski definition) is 3. The maximum absolute atomic E-state index is 13.3. The van der Waals surface area contributed by atoms with Crippen LogP contribution in [0.2, 0.25) is 0 Å². The molecule has 1 saturated heterocycles. The van der Waals surface area contributed by atoms with Crippen molar-refractivity contribution in [2.24, 2.45) is 0 Å². The highest BCUT2D eigenvalue weighted by atomic mass is 35.5. The number of nitrogens with one attached hydrogen (secondary N) is 1. The molecule has 0 atom stereocenters. The van der Waals surface area contributed by atoms with Gasteiger partial charge >= 0.3 is 12.4 Å². The second-order valence-corrected chi connectivity index (χ2v) is 9.17. The molecular weight excluding hydrogens is 515 g/mol. The molecular formula is C24H29Cl2F6N3. The summed E-state index contributed by atoms with van der Waals surface area (Å²) in [4.78, 5) is 4.27. The van der Waals surface area contributed by atoms with Gasteiger partial charge in [0.05, 0.1) is 11.1 Å². The van der Waals surface area contributed by atoms with Crippen LogP contribution in [0.25, 0.3) is 0 Å². The van der Waals surface area contributed by atoms with Gasteiger partial charge in [-0.2, -0.15) is 26.3 Å². The van der Waals surface area contributed by atoms with Crippen molar-refractivity contribution in [2.45, 2.75) is 37.3 Å². The lowest BCUT2D eigenvalue weighted by Gasteiger charge is -2.45. The summed E-state index contributed by atoms with van der Waals surface area (Å²) in [5.74, 6) is 0. The molecule has 1 fully saturated rings. The number of likely N-dealkylation sites (N-methyl/N-ethyl adjacent to an activating group) is 1. The third-order valence-electron chi connectivity index (χ3n) is 6.61. The molecule has 0 amide bonds. The van der Waals surface area contributed by atoms with Gasteiger partial charge < -0.3 is 10.2 Å². The van der Waals surface area contributed by atoms with E-state index in [1.165, 1.54) is 11.1 Å². The van der Waals surface area contributed by atoms with E-state index >= 15 is 0 Å². The third-order valence-corrected chi connectivity index (χ3v) is 6.61. The van der Waals surface area contributed by atoms with Crippen LogP contribution in [0.15, 0.2) is 42.5 Å². The lowest BCUT2D eigenvalue weighted by Crippen LogP contribution is -2.61. The number of halogens is 8. The summed E-state index contributed by atoms with van der Waals surface area (Å²) in [7, 11) is 1.76. The van der Waals surface area contributed by atoms with Gasteiger partial charge in [-0.25, -0.2) is 0 Å². The van der Waals surface area contributed by atoms with Gasteiger partial charge in [-0.05, 0) is 54.8 Å². The maximum atomic E-state index is 13.3. The first-order valence-corrected chi connectivity index (χ1v) is 11.0. The molecule has 3 nitrogen and oxygen atoms in total. The predicted octanol–water partition coefficient (Wildman–Crippen LogP) is 5.44. The van der Waals surface area contributed by atoms with E-state index in [2.05, 4.69) is 22.3 Å². The zero-order valence-corrected chi connectivity index (χ0v) is 20.8. The molecule has 1 aliphatic heterocycles. The van der Waals surface area contributed by atoms with Crippen molar-refractivity contribution in [2.75, 3.05) is 39.8 Å². The zero-order valence-electron chi connectivity index (χ0n) is 19.2. The van der Waals surface area contributed by atoms with Crippen molar-refractivity contribution in [3.8, 4) is 0 Å². The maximum Gasteiger partial charge on any atom is 0.416 e. The number of hydrogen-bond donors (Lipinski definition) is 1. The summed E-state index contributed by atoms with van der Waals surface area (Å²) >= 11 is 0. The topological polar surface area (TPSA) is 18.5 Å². The molecule has 4 rings (SSSR count). The highest BCUT2D eigenvalue weighted by molar-refractivity contribution is 5.85. The van der Waals surface area contributed by atoms with Crippen LogP contribution in [-0.2, 0) is 31.7 Å². The van der Waals surface area contributed by atoms with Gasteiger partial charge in [-0.3, -0.25) is 4.90 Å². The second-order valence-electron chi connectivity index (χ2n) is 9.17. The summed E-state index contributed by atoms with van der Waals surface area (Å²) in [5, 5.41) is 3.34. The van der Waals surface area contributed by atoms with Crippen molar-refractivity contribution in [1.29, 1.82) is 0 Å². The van der Waals surface area contributed by atoms with E-state index < -0.39 is 23.5 Å². The Morgan fingerprint density at radius 2 is 1.34 bits per heavy atom. The molecule has 1 heterocycles. The molecule has 0 unspecified atom stereocenters. The summed E-state index contributed by atoms with van der Waals surface area (Å²) < 4.78 is 79.6. The molecule has 1 N–H and O–H groups in total. The first-order chi connectivity index (χ1) is 15.5. The number of piperazine rings is 1. The SMILES string of the molecule is CN(Cc1cc(C(F)(F)F)cc(C(F)(F)F)c1)CC1(N2CCNCC2)Cc2ccccc2C1.Cl.Cl. The van der Waals surface area contributed by atoms with Crippen LogP contribution in [0.4, 0.5) is 26.3 Å². The van der Waals surface area contributed by atoms with Gasteiger partial charge in [0.25, 0.3) is 0 Å². The van der Waals surface area contributed by atoms with E-state index in [0.29, 0.717) is 6.54 Å². The second kappa shape index (κ2) is 11.3. The lowest BCUT2D eigenvalue weighted by atomic mass is 9.91. The van der Waals surface area contributed by atoms with Crippen LogP contribution >= 0.6 is 24.8 Å². The molecule has 35 heavy (non-hydrogen) atoms. The molecule has 1 aliphatic carbocycles. The molecule has 0 radical (unpaired) electrons. The van der Waals surface area contributed by atoms with Gasteiger partial charge in [-0.15, -0.1) is 24.8 Å². The highest BCUT2D eigenvalue weighted by Gasteiger charge is 2.43. The van der Waals surface area contributed by atoms with E-state index in [1.54, 1.807) is 7.05 Å². The van der Waals surface area contributed by atoms with Gasteiger partial charge in [0, 0.05) is 44.8 Å². The van der Waals surface area contributed by atoms with E-state index in [4.69, 9.17) is 0 Å². The van der Waals surface area contributed by atoms with Gasteiger partial charge in [0.1, 0.15) is 0 Å². The Morgan fingerprint density at radius 3 is 1.80 bits per heavy atom. The minimum atomic E-state index is -4.84. The molecule has 11 heteroatoms. The van der Waals surface area contributed by atoms with Crippen molar-refractivity contribution in [1.82, 2.24) is 15.1 Å². The molecule has 2 aromatic rings. The Bertz CT molecular complexity index is 933. The smallest absolute Gasteiger partial charge is 0.314 e. The fourth-order valence-electron chi connectivity index (χ4n) is 5.23. The van der Waals surface area contributed by atoms with Crippen LogP contribution in [0.1, 0.15) is 27.8 Å². The summed E-state index contributed by atoms with van der Waals surface area (Å²) in [6.07, 6.45) is -8.07. The molecule has 0 saturated carbocycles. The number of benzene rings is 2. The zero-order chi connectivity index (χ0) is 23.9. The van der Waals surface area contributed by atoms with Crippen LogP contribution in [0, 0.1) is 0 Å². The average molecular weight is 544 g/mol. The van der Waals surface area contributed by atoms with Gasteiger partial charge in [0.15, 0.2) is 0 Å². The molecule has 0 spiro atoms.